The molecule has 1 fully saturated rings. The molecule has 0 aliphatic carbocycles. The predicted octanol–water partition coefficient (Wildman–Crippen LogP) is 0.922. The van der Waals surface area contributed by atoms with Gasteiger partial charge in [0.25, 0.3) is 5.69 Å². The number of hydrogen-bond acceptors (Lipinski definition) is 8. The van der Waals surface area contributed by atoms with Crippen molar-refractivity contribution in [3.8, 4) is 5.75 Å². The zero-order chi connectivity index (χ0) is 17.0. The van der Waals surface area contributed by atoms with E-state index in [-0.39, 0.29) is 10.7 Å². The summed E-state index contributed by atoms with van der Waals surface area (Å²) in [5, 5.41) is 38.0. The molecule has 0 spiro atoms. The van der Waals surface area contributed by atoms with E-state index in [4.69, 9.17) is 4.84 Å². The van der Waals surface area contributed by atoms with Crippen molar-refractivity contribution in [2.75, 3.05) is 33.2 Å². The molecule has 0 bridgehead atoms. The van der Waals surface area contributed by atoms with Gasteiger partial charge < -0.3 is 10.1 Å². The van der Waals surface area contributed by atoms with Crippen molar-refractivity contribution in [3.63, 3.8) is 0 Å². The molecular formula is C11H14N6O6. The molecular weight excluding hydrogens is 312 g/mol. The highest BCUT2D eigenvalue weighted by Gasteiger charge is 2.23. The monoisotopic (exact) mass is 326 g/mol. The van der Waals surface area contributed by atoms with Crippen molar-refractivity contribution in [1.29, 1.82) is 0 Å². The lowest BCUT2D eigenvalue weighted by atomic mass is 10.2. The molecule has 1 aliphatic rings. The molecule has 12 heteroatoms. The van der Waals surface area contributed by atoms with Crippen LogP contribution in [0.5, 0.6) is 5.75 Å². The fraction of sp³-hybridized carbons (Fsp3) is 0.455. The molecule has 23 heavy (non-hydrogen) atoms. The van der Waals surface area contributed by atoms with Gasteiger partial charge in [0.15, 0.2) is 0 Å². The highest BCUT2D eigenvalue weighted by molar-refractivity contribution is 5.53. The van der Waals surface area contributed by atoms with Crippen LogP contribution in [0.3, 0.4) is 0 Å². The second-order valence-electron chi connectivity index (χ2n) is 4.85. The summed E-state index contributed by atoms with van der Waals surface area (Å²) in [6.45, 7) is 2.22. The van der Waals surface area contributed by atoms with Gasteiger partial charge in [0.05, 0.1) is 34.0 Å². The van der Waals surface area contributed by atoms with Gasteiger partial charge in [0.1, 0.15) is 0 Å². The predicted molar refractivity (Wildman–Crippen MR) is 75.5 cm³/mol. The number of nitro groups is 2. The minimum Gasteiger partial charge on any atom is -0.569 e. The van der Waals surface area contributed by atoms with Crippen molar-refractivity contribution in [2.24, 2.45) is 5.28 Å². The van der Waals surface area contributed by atoms with Gasteiger partial charge >= 0.3 is 5.69 Å². The lowest BCUT2D eigenvalue weighted by Gasteiger charge is -2.28. The lowest BCUT2D eigenvalue weighted by molar-refractivity contribution is -0.709. The normalized spacial score (nSPS) is 16.2. The van der Waals surface area contributed by atoms with Gasteiger partial charge in [-0.3, -0.25) is 25.1 Å². The van der Waals surface area contributed by atoms with E-state index in [1.807, 2.05) is 11.9 Å². The summed E-state index contributed by atoms with van der Waals surface area (Å²) in [6.07, 6.45) is 0. The first-order valence-electron chi connectivity index (χ1n) is 6.60. The Morgan fingerprint density at radius 1 is 1.09 bits per heavy atom. The van der Waals surface area contributed by atoms with E-state index >= 15 is 0 Å². The quantitative estimate of drug-likeness (QED) is 0.336. The molecule has 0 saturated carbocycles. The Morgan fingerprint density at radius 3 is 2.30 bits per heavy atom. The van der Waals surface area contributed by atoms with Crippen molar-refractivity contribution in [2.45, 2.75) is 0 Å². The molecule has 0 N–H and O–H groups in total. The third-order valence-electron chi connectivity index (χ3n) is 3.28. The Bertz CT molecular complexity index is 642. The van der Waals surface area contributed by atoms with E-state index in [1.165, 1.54) is 5.01 Å². The number of nitrogens with zero attached hydrogens (tertiary/aromatic N) is 6. The number of non-ortho nitro benzene ring substituents is 1. The number of benzene rings is 1. The number of hydrazine groups is 1. The molecule has 1 aromatic rings. The molecule has 1 aliphatic heterocycles. The number of piperazine rings is 1. The molecule has 1 heterocycles. The van der Waals surface area contributed by atoms with Crippen LogP contribution in [0, 0.1) is 25.4 Å². The fourth-order valence-corrected chi connectivity index (χ4v) is 1.94. The van der Waals surface area contributed by atoms with Crippen LogP contribution in [0.4, 0.5) is 11.4 Å². The highest BCUT2D eigenvalue weighted by Crippen LogP contribution is 2.31. The van der Waals surface area contributed by atoms with Gasteiger partial charge in [0, 0.05) is 19.2 Å². The summed E-state index contributed by atoms with van der Waals surface area (Å²) in [5.74, 6) is -0.351. The maximum atomic E-state index is 11.8. The Kier molecular flexibility index (Phi) is 4.85. The van der Waals surface area contributed by atoms with E-state index < -0.39 is 21.2 Å². The van der Waals surface area contributed by atoms with Crippen LogP contribution >= 0.6 is 0 Å². The van der Waals surface area contributed by atoms with Gasteiger partial charge in [-0.25, -0.2) is 0 Å². The average Bonchev–Trinajstić information content (AvgIpc) is 2.52. The summed E-state index contributed by atoms with van der Waals surface area (Å²) in [5.41, 5.74) is -1.10. The molecule has 1 aromatic carbocycles. The molecule has 0 radical (unpaired) electrons. The largest absolute Gasteiger partial charge is 0.569 e. The van der Waals surface area contributed by atoms with Gasteiger partial charge in [-0.2, -0.15) is 0 Å². The van der Waals surface area contributed by atoms with Gasteiger partial charge in [0.2, 0.25) is 11.0 Å². The molecule has 1 saturated heterocycles. The van der Waals surface area contributed by atoms with E-state index in [0.29, 0.717) is 26.2 Å². The standard InChI is InChI=1S/C11H14N6O6/c1-13-4-6-14(7-5-13)17(22)12-23-11-3-2-9(15(18)19)8-10(11)16(20)21/h2-3,8H,4-7H2,1H3/b17-12-. The Morgan fingerprint density at radius 2 is 1.74 bits per heavy atom. The molecule has 2 rings (SSSR count). The number of rotatable bonds is 5. The number of likely N-dealkylation sites (N-methyl/N-ethyl adjacent to an activating group) is 1. The Hall–Kier alpha value is -3.02. The zero-order valence-electron chi connectivity index (χ0n) is 12.2. The molecule has 0 atom stereocenters. The first-order chi connectivity index (χ1) is 10.9. The molecule has 0 aromatic heterocycles. The van der Waals surface area contributed by atoms with Crippen LogP contribution in [-0.4, -0.2) is 58.0 Å². The van der Waals surface area contributed by atoms with Crippen molar-refractivity contribution in [3.05, 3.63) is 43.6 Å². The second kappa shape index (κ2) is 6.83. The van der Waals surface area contributed by atoms with Crippen molar-refractivity contribution in [1.82, 2.24) is 9.91 Å². The van der Waals surface area contributed by atoms with E-state index in [1.54, 1.807) is 0 Å². The topological polar surface area (TPSA) is 140 Å². The minimum atomic E-state index is -0.844. The van der Waals surface area contributed by atoms with E-state index in [2.05, 4.69) is 5.28 Å². The molecule has 0 unspecified atom stereocenters. The smallest absolute Gasteiger partial charge is 0.321 e. The van der Waals surface area contributed by atoms with Crippen LogP contribution in [0.1, 0.15) is 0 Å². The van der Waals surface area contributed by atoms with Crippen LogP contribution in [0.2, 0.25) is 0 Å². The first kappa shape index (κ1) is 16.4. The van der Waals surface area contributed by atoms with Crippen LogP contribution in [-0.2, 0) is 0 Å². The van der Waals surface area contributed by atoms with Crippen LogP contribution in [0.15, 0.2) is 23.5 Å². The third-order valence-corrected chi connectivity index (χ3v) is 3.28. The Balaban J connectivity index is 2.14. The average molecular weight is 326 g/mol. The van der Waals surface area contributed by atoms with Crippen molar-refractivity contribution >= 4 is 11.4 Å². The van der Waals surface area contributed by atoms with Crippen LogP contribution < -0.4 is 4.84 Å². The summed E-state index contributed by atoms with van der Waals surface area (Å²) in [7, 11) is 1.92. The highest BCUT2D eigenvalue weighted by atomic mass is 16.7. The molecule has 12 nitrogen and oxygen atoms in total. The molecule has 124 valence electrons. The molecule has 0 amide bonds. The van der Waals surface area contributed by atoms with Gasteiger partial charge in [-0.15, -0.1) is 5.01 Å². The number of nitro benzene ring substituents is 2. The third kappa shape index (κ3) is 4.00. The van der Waals surface area contributed by atoms with Crippen LogP contribution in [0.25, 0.3) is 0 Å². The maximum Gasteiger partial charge on any atom is 0.321 e. The Labute approximate surface area is 130 Å². The van der Waals surface area contributed by atoms with E-state index in [0.717, 1.165) is 18.2 Å². The van der Waals surface area contributed by atoms with Gasteiger partial charge in [-0.1, -0.05) is 0 Å². The number of hydrogen-bond donors (Lipinski definition) is 0. The maximum absolute atomic E-state index is 11.8. The van der Waals surface area contributed by atoms with E-state index in [9.17, 15) is 25.4 Å². The minimum absolute atomic E-state index is 0.220. The lowest BCUT2D eigenvalue weighted by Crippen LogP contribution is -2.47. The van der Waals surface area contributed by atoms with Gasteiger partial charge in [-0.05, 0) is 13.1 Å². The fourth-order valence-electron chi connectivity index (χ4n) is 1.94. The first-order valence-corrected chi connectivity index (χ1v) is 6.60. The summed E-state index contributed by atoms with van der Waals surface area (Å²) in [6, 6.07) is 2.80. The summed E-state index contributed by atoms with van der Waals surface area (Å²) < 4.78 is 0. The second-order valence-corrected chi connectivity index (χ2v) is 4.85. The van der Waals surface area contributed by atoms with Crippen molar-refractivity contribution < 1.29 is 19.7 Å². The summed E-state index contributed by atoms with van der Waals surface area (Å²) >= 11 is 0. The summed E-state index contributed by atoms with van der Waals surface area (Å²) in [4.78, 5) is 27.0. The zero-order valence-corrected chi connectivity index (χ0v) is 12.2. The SMILES string of the molecule is CN1CCN(/[N+]([O-])=N/Oc2ccc([N+](=O)[O-])cc2[N+](=O)[O-])CC1.